The van der Waals surface area contributed by atoms with Crippen molar-refractivity contribution in [2.45, 2.75) is 38.3 Å². The summed E-state index contributed by atoms with van der Waals surface area (Å²) in [5.74, 6) is -0.133. The van der Waals surface area contributed by atoms with Crippen LogP contribution in [0.15, 0.2) is 41.8 Å². The molecule has 0 fully saturated rings. The Morgan fingerprint density at radius 2 is 2.04 bits per heavy atom. The number of hydrogen-bond acceptors (Lipinski definition) is 5. The van der Waals surface area contributed by atoms with Gasteiger partial charge in [0.1, 0.15) is 10.6 Å². The van der Waals surface area contributed by atoms with Gasteiger partial charge in [0.2, 0.25) is 10.0 Å². The Kier molecular flexibility index (Phi) is 6.98. The van der Waals surface area contributed by atoms with Crippen LogP contribution in [-0.4, -0.2) is 54.4 Å². The van der Waals surface area contributed by atoms with Crippen LogP contribution < -0.4 is 10.1 Å². The van der Waals surface area contributed by atoms with E-state index in [0.29, 0.717) is 19.6 Å². The van der Waals surface area contributed by atoms with E-state index in [1.807, 2.05) is 17.7 Å². The molecule has 148 valence electrons. The summed E-state index contributed by atoms with van der Waals surface area (Å²) in [5, 5.41) is 2.87. The van der Waals surface area contributed by atoms with Crippen LogP contribution in [-0.2, 0) is 16.6 Å². The number of carbonyl (C=O) groups is 1. The number of hydrogen-bond donors (Lipinski definition) is 1. The summed E-state index contributed by atoms with van der Waals surface area (Å²) in [6.45, 7) is 6.63. The highest BCUT2D eigenvalue weighted by molar-refractivity contribution is 7.89. The quantitative estimate of drug-likeness (QED) is 0.699. The first kappa shape index (κ1) is 20.9. The largest absolute Gasteiger partial charge is 0.495 e. The molecule has 0 radical (unpaired) electrons. The second-order valence-corrected chi connectivity index (χ2v) is 8.00. The predicted molar refractivity (Wildman–Crippen MR) is 102 cm³/mol. The Morgan fingerprint density at radius 3 is 2.59 bits per heavy atom. The zero-order valence-corrected chi connectivity index (χ0v) is 16.9. The highest BCUT2D eigenvalue weighted by Crippen LogP contribution is 2.28. The van der Waals surface area contributed by atoms with Gasteiger partial charge in [-0.25, -0.2) is 13.4 Å². The maximum atomic E-state index is 12.9. The number of sulfonamides is 1. The average Bonchev–Trinajstić information content (AvgIpc) is 3.14. The van der Waals surface area contributed by atoms with E-state index in [1.54, 1.807) is 32.4 Å². The van der Waals surface area contributed by atoms with Crippen LogP contribution in [0.4, 0.5) is 0 Å². The van der Waals surface area contributed by atoms with Crippen molar-refractivity contribution in [1.29, 1.82) is 0 Å². The highest BCUT2D eigenvalue weighted by Gasteiger charge is 2.27. The van der Waals surface area contributed by atoms with Gasteiger partial charge in [-0.3, -0.25) is 4.79 Å². The normalized spacial score (nSPS) is 12.8. The molecule has 0 aliphatic carbocycles. The third-order valence-electron chi connectivity index (χ3n) is 4.17. The van der Waals surface area contributed by atoms with Crippen LogP contribution >= 0.6 is 0 Å². The van der Waals surface area contributed by atoms with Crippen LogP contribution in [0.1, 0.15) is 31.1 Å². The van der Waals surface area contributed by atoms with Crippen LogP contribution in [0.3, 0.4) is 0 Å². The summed E-state index contributed by atoms with van der Waals surface area (Å²) >= 11 is 0. The van der Waals surface area contributed by atoms with Crippen LogP contribution in [0.5, 0.6) is 5.75 Å². The van der Waals surface area contributed by atoms with Gasteiger partial charge in [0.25, 0.3) is 5.91 Å². The van der Waals surface area contributed by atoms with E-state index in [9.17, 15) is 13.2 Å². The van der Waals surface area contributed by atoms with Gasteiger partial charge in [-0.2, -0.15) is 4.31 Å². The molecular formula is C18H26N4O4S. The number of imidazole rings is 1. The van der Waals surface area contributed by atoms with E-state index < -0.39 is 10.0 Å². The Balaban J connectivity index is 2.26. The molecule has 1 unspecified atom stereocenters. The molecule has 0 spiro atoms. The average molecular weight is 394 g/mol. The van der Waals surface area contributed by atoms with E-state index in [4.69, 9.17) is 4.74 Å². The fourth-order valence-electron chi connectivity index (χ4n) is 2.79. The van der Waals surface area contributed by atoms with E-state index in [-0.39, 0.29) is 28.2 Å². The fraction of sp³-hybridized carbons (Fsp3) is 0.444. The van der Waals surface area contributed by atoms with E-state index >= 15 is 0 Å². The van der Waals surface area contributed by atoms with Crippen molar-refractivity contribution in [2.75, 3.05) is 20.2 Å². The zero-order chi connectivity index (χ0) is 20.0. The molecule has 1 atom stereocenters. The van der Waals surface area contributed by atoms with Gasteiger partial charge in [-0.1, -0.05) is 13.8 Å². The third kappa shape index (κ3) is 4.86. The maximum Gasteiger partial charge on any atom is 0.251 e. The molecule has 2 aromatic rings. The van der Waals surface area contributed by atoms with Gasteiger partial charge >= 0.3 is 0 Å². The van der Waals surface area contributed by atoms with E-state index in [2.05, 4.69) is 10.3 Å². The smallest absolute Gasteiger partial charge is 0.251 e. The number of aromatic nitrogens is 2. The van der Waals surface area contributed by atoms with Gasteiger partial charge < -0.3 is 14.6 Å². The molecule has 8 nitrogen and oxygen atoms in total. The number of benzene rings is 1. The molecule has 1 aromatic carbocycles. The minimum atomic E-state index is -3.75. The number of ether oxygens (including phenoxy) is 1. The van der Waals surface area contributed by atoms with Crippen LogP contribution in [0, 0.1) is 0 Å². The number of nitrogens with zero attached hydrogens (tertiary/aromatic N) is 3. The SMILES string of the molecule is CCN(CC)S(=O)(=O)c1cc(C(=O)NC(C)Cn2ccnc2)ccc1OC. The lowest BCUT2D eigenvalue weighted by Gasteiger charge is -2.21. The maximum absolute atomic E-state index is 12.9. The number of nitrogens with one attached hydrogen (secondary N) is 1. The molecule has 0 saturated carbocycles. The molecule has 0 aliphatic rings. The first-order chi connectivity index (χ1) is 12.8. The molecule has 1 heterocycles. The number of rotatable bonds is 9. The van der Waals surface area contributed by atoms with Crippen molar-refractivity contribution in [3.8, 4) is 5.75 Å². The molecule has 27 heavy (non-hydrogen) atoms. The lowest BCUT2D eigenvalue weighted by atomic mass is 10.2. The lowest BCUT2D eigenvalue weighted by molar-refractivity contribution is 0.0936. The van der Waals surface area contributed by atoms with Crippen molar-refractivity contribution in [3.05, 3.63) is 42.5 Å². The molecule has 1 aromatic heterocycles. The monoisotopic (exact) mass is 394 g/mol. The van der Waals surface area contributed by atoms with Gasteiger partial charge in [0.05, 0.1) is 13.4 Å². The summed E-state index contributed by atoms with van der Waals surface area (Å²) in [7, 11) is -2.35. The molecule has 9 heteroatoms. The summed E-state index contributed by atoms with van der Waals surface area (Å²) in [6, 6.07) is 4.27. The van der Waals surface area contributed by atoms with Crippen molar-refractivity contribution in [1.82, 2.24) is 19.2 Å². The molecule has 0 bridgehead atoms. The topological polar surface area (TPSA) is 93.5 Å². The van der Waals surface area contributed by atoms with Crippen molar-refractivity contribution < 1.29 is 17.9 Å². The van der Waals surface area contributed by atoms with Crippen molar-refractivity contribution >= 4 is 15.9 Å². The van der Waals surface area contributed by atoms with Crippen molar-refractivity contribution in [3.63, 3.8) is 0 Å². The molecular weight excluding hydrogens is 368 g/mol. The van der Waals surface area contributed by atoms with Crippen LogP contribution in [0.2, 0.25) is 0 Å². The molecule has 1 N–H and O–H groups in total. The Labute approximate surface area is 160 Å². The summed E-state index contributed by atoms with van der Waals surface area (Å²) in [5.41, 5.74) is 0.263. The first-order valence-electron chi connectivity index (χ1n) is 8.78. The van der Waals surface area contributed by atoms with Gasteiger partial charge in [-0.05, 0) is 25.1 Å². The van der Waals surface area contributed by atoms with E-state index in [1.165, 1.54) is 23.5 Å². The fourth-order valence-corrected chi connectivity index (χ4v) is 4.43. The molecule has 2 rings (SSSR count). The Bertz CT molecular complexity index is 861. The summed E-state index contributed by atoms with van der Waals surface area (Å²) < 4.78 is 34.2. The minimum absolute atomic E-state index is 0.0105. The van der Waals surface area contributed by atoms with Gasteiger partial charge in [0, 0.05) is 43.6 Å². The third-order valence-corrected chi connectivity index (χ3v) is 6.24. The zero-order valence-electron chi connectivity index (χ0n) is 16.0. The molecule has 0 aliphatic heterocycles. The predicted octanol–water partition coefficient (Wildman–Crippen LogP) is 1.74. The first-order valence-corrected chi connectivity index (χ1v) is 10.2. The van der Waals surface area contributed by atoms with Crippen LogP contribution in [0.25, 0.3) is 0 Å². The summed E-state index contributed by atoms with van der Waals surface area (Å²) in [4.78, 5) is 16.5. The van der Waals surface area contributed by atoms with Gasteiger partial charge in [0.15, 0.2) is 0 Å². The second-order valence-electron chi connectivity index (χ2n) is 6.09. The Morgan fingerprint density at radius 1 is 1.33 bits per heavy atom. The standard InChI is InChI=1S/C18H26N4O4S/c1-5-22(6-2)27(24,25)17-11-15(7-8-16(17)26-4)18(23)20-14(3)12-21-10-9-19-13-21/h7-11,13-14H,5-6,12H2,1-4H3,(H,20,23). The summed E-state index contributed by atoms with van der Waals surface area (Å²) in [6.07, 6.45) is 5.15. The number of methoxy groups -OCH3 is 1. The number of carbonyl (C=O) groups excluding carboxylic acids is 1. The minimum Gasteiger partial charge on any atom is -0.495 e. The molecule has 0 saturated heterocycles. The van der Waals surface area contributed by atoms with Crippen molar-refractivity contribution in [2.24, 2.45) is 0 Å². The van der Waals surface area contributed by atoms with Gasteiger partial charge in [-0.15, -0.1) is 0 Å². The highest BCUT2D eigenvalue weighted by atomic mass is 32.2. The second kappa shape index (κ2) is 9.01. The molecule has 1 amide bonds. The van der Waals surface area contributed by atoms with E-state index in [0.717, 1.165) is 0 Å². The lowest BCUT2D eigenvalue weighted by Crippen LogP contribution is -2.36. The Hall–Kier alpha value is -2.39. The number of amides is 1.